The van der Waals surface area contributed by atoms with E-state index in [0.717, 1.165) is 19.3 Å². The molecule has 0 aromatic rings. The minimum Gasteiger partial charge on any atom is -0.458 e. The Morgan fingerprint density at radius 3 is 2.76 bits per heavy atom. The molecule has 0 N–H and O–H groups in total. The van der Waals surface area contributed by atoms with Crippen LogP contribution in [0.25, 0.3) is 0 Å². The Morgan fingerprint density at radius 2 is 2.14 bits per heavy atom. The van der Waals surface area contributed by atoms with Gasteiger partial charge in [0.2, 0.25) is 6.29 Å². The van der Waals surface area contributed by atoms with Crippen molar-refractivity contribution in [1.29, 1.82) is 0 Å². The van der Waals surface area contributed by atoms with Gasteiger partial charge in [0, 0.05) is 4.90 Å². The van der Waals surface area contributed by atoms with Crippen LogP contribution in [-0.2, 0) is 28.6 Å². The number of carbonyl (C=O) groups is 2. The molecule has 8 nitrogen and oxygen atoms in total. The molecule has 0 radical (unpaired) electrons. The lowest BCUT2D eigenvalue weighted by Crippen LogP contribution is -2.43. The summed E-state index contributed by atoms with van der Waals surface area (Å²) in [5.41, 5.74) is -0.325. The van der Waals surface area contributed by atoms with Gasteiger partial charge in [0.1, 0.15) is 5.92 Å². The average Bonchev–Trinajstić information content (AvgIpc) is 3.00. The number of carbonyl (C=O) groups excluding carboxylic acids is 2. The van der Waals surface area contributed by atoms with E-state index in [-0.39, 0.29) is 36.4 Å². The molecule has 0 amide bonds. The van der Waals surface area contributed by atoms with Gasteiger partial charge < -0.3 is 19.0 Å². The van der Waals surface area contributed by atoms with Crippen LogP contribution in [0.5, 0.6) is 0 Å². The SMILES string of the molecule is C=CCO/[N+]([O-])=C(\C(=O)OCC)[C@@H]1CC(=O)O[C@H]1OC1CC(C)CCC1C(C)C. The quantitative estimate of drug-likeness (QED) is 0.189. The van der Waals surface area contributed by atoms with Crippen molar-refractivity contribution in [3.05, 3.63) is 17.9 Å². The number of esters is 2. The normalized spacial score (nSPS) is 30.5. The Hall–Kier alpha value is -2.09. The first kappa shape index (κ1) is 23.2. The molecule has 2 aliphatic rings. The zero-order valence-corrected chi connectivity index (χ0v) is 17.8. The Kier molecular flexibility index (Phi) is 8.49. The van der Waals surface area contributed by atoms with Gasteiger partial charge in [-0.05, 0) is 37.5 Å². The highest BCUT2D eigenvalue weighted by molar-refractivity contribution is 6.35. The summed E-state index contributed by atoms with van der Waals surface area (Å²) >= 11 is 0. The molecule has 2 rings (SSSR count). The Morgan fingerprint density at radius 1 is 1.41 bits per heavy atom. The van der Waals surface area contributed by atoms with Crippen LogP contribution in [0.15, 0.2) is 12.7 Å². The molecule has 164 valence electrons. The van der Waals surface area contributed by atoms with Crippen LogP contribution in [-0.4, -0.2) is 48.2 Å². The third kappa shape index (κ3) is 5.95. The molecule has 0 spiro atoms. The van der Waals surface area contributed by atoms with Crippen molar-refractivity contribution in [3.63, 3.8) is 0 Å². The lowest BCUT2D eigenvalue weighted by atomic mass is 9.75. The first-order valence-corrected chi connectivity index (χ1v) is 10.4. The smallest absolute Gasteiger partial charge is 0.405 e. The lowest BCUT2D eigenvalue weighted by Gasteiger charge is -2.38. The number of ether oxygens (including phenoxy) is 3. The first-order valence-electron chi connectivity index (χ1n) is 10.4. The first-order chi connectivity index (χ1) is 13.8. The fraction of sp³-hybridized carbons (Fsp3) is 0.762. The summed E-state index contributed by atoms with van der Waals surface area (Å²) in [5, 5.41) is 12.5. The van der Waals surface area contributed by atoms with Gasteiger partial charge in [0.05, 0.1) is 25.7 Å². The Bertz CT molecular complexity index is 631. The maximum atomic E-state index is 12.5. The van der Waals surface area contributed by atoms with Gasteiger partial charge >= 0.3 is 17.7 Å². The Labute approximate surface area is 172 Å². The summed E-state index contributed by atoms with van der Waals surface area (Å²) < 4.78 is 16.6. The number of hydrogen-bond acceptors (Lipinski definition) is 7. The van der Waals surface area contributed by atoms with E-state index >= 15 is 0 Å². The topological polar surface area (TPSA) is 97.1 Å². The van der Waals surface area contributed by atoms with Gasteiger partial charge in [0.15, 0.2) is 0 Å². The van der Waals surface area contributed by atoms with Crippen molar-refractivity contribution < 1.29 is 33.5 Å². The zero-order valence-electron chi connectivity index (χ0n) is 17.8. The summed E-state index contributed by atoms with van der Waals surface area (Å²) in [7, 11) is 0. The second kappa shape index (κ2) is 10.6. The van der Waals surface area contributed by atoms with Crippen LogP contribution in [0, 0.1) is 28.9 Å². The van der Waals surface area contributed by atoms with Gasteiger partial charge in [-0.3, -0.25) is 10.0 Å². The average molecular weight is 411 g/mol. The van der Waals surface area contributed by atoms with Gasteiger partial charge in [-0.2, -0.15) is 0 Å². The lowest BCUT2D eigenvalue weighted by molar-refractivity contribution is -0.739. The fourth-order valence-electron chi connectivity index (χ4n) is 4.08. The van der Waals surface area contributed by atoms with Gasteiger partial charge in [0.25, 0.3) is 0 Å². The van der Waals surface area contributed by atoms with Crippen molar-refractivity contribution in [1.82, 2.24) is 0 Å². The van der Waals surface area contributed by atoms with Crippen LogP contribution in [0.1, 0.15) is 53.4 Å². The number of hydrogen-bond donors (Lipinski definition) is 0. The second-order valence-electron chi connectivity index (χ2n) is 8.12. The molecule has 29 heavy (non-hydrogen) atoms. The van der Waals surface area contributed by atoms with E-state index in [9.17, 15) is 14.8 Å². The molecule has 5 atom stereocenters. The van der Waals surface area contributed by atoms with E-state index in [1.165, 1.54) is 6.08 Å². The predicted octanol–water partition coefficient (Wildman–Crippen LogP) is 2.99. The van der Waals surface area contributed by atoms with E-state index in [1.54, 1.807) is 6.92 Å². The highest BCUT2D eigenvalue weighted by Gasteiger charge is 2.50. The predicted molar refractivity (Wildman–Crippen MR) is 106 cm³/mol. The highest BCUT2D eigenvalue weighted by Crippen LogP contribution is 2.38. The molecule has 0 aromatic carbocycles. The zero-order chi connectivity index (χ0) is 21.6. The van der Waals surface area contributed by atoms with E-state index < -0.39 is 24.1 Å². The molecule has 2 fully saturated rings. The van der Waals surface area contributed by atoms with Crippen molar-refractivity contribution in [2.75, 3.05) is 13.2 Å². The molecule has 0 bridgehead atoms. The molecule has 1 saturated carbocycles. The molecule has 0 aromatic heterocycles. The van der Waals surface area contributed by atoms with E-state index in [4.69, 9.17) is 19.0 Å². The minimum absolute atomic E-state index is 0.0836. The van der Waals surface area contributed by atoms with Gasteiger partial charge in [-0.15, -0.1) is 6.58 Å². The van der Waals surface area contributed by atoms with Crippen LogP contribution in [0.2, 0.25) is 0 Å². The standard InChI is InChI=1S/C21H33NO7/c1-6-10-27-22(25)19(20(24)26-7-2)16-12-18(23)29-21(16)28-17-11-14(5)8-9-15(17)13(3)4/h6,13-17,21H,1,7-12H2,2-5H3/b22-19-/t14?,15?,16-,17?,21+/m0/s1. The number of rotatable bonds is 9. The largest absolute Gasteiger partial charge is 0.458 e. The fourth-order valence-corrected chi connectivity index (χ4v) is 4.08. The maximum absolute atomic E-state index is 12.5. The van der Waals surface area contributed by atoms with Crippen LogP contribution in [0.3, 0.4) is 0 Å². The molecule has 1 aliphatic carbocycles. The molecule has 8 heteroatoms. The summed E-state index contributed by atoms with van der Waals surface area (Å²) in [6.07, 6.45) is 3.09. The van der Waals surface area contributed by atoms with Crippen molar-refractivity contribution >= 4 is 17.7 Å². The maximum Gasteiger partial charge on any atom is 0.405 e. The van der Waals surface area contributed by atoms with Gasteiger partial charge in [-0.1, -0.05) is 33.3 Å². The van der Waals surface area contributed by atoms with E-state index in [0.29, 0.717) is 17.8 Å². The number of nitrogens with zero attached hydrogens (tertiary/aromatic N) is 1. The van der Waals surface area contributed by atoms with Crippen LogP contribution >= 0.6 is 0 Å². The summed E-state index contributed by atoms with van der Waals surface area (Å²) in [5.74, 6) is -1.05. The summed E-state index contributed by atoms with van der Waals surface area (Å²) in [4.78, 5) is 29.6. The monoisotopic (exact) mass is 411 g/mol. The molecular weight excluding hydrogens is 378 g/mol. The third-order valence-electron chi connectivity index (χ3n) is 5.58. The van der Waals surface area contributed by atoms with Crippen molar-refractivity contribution in [2.24, 2.45) is 23.7 Å². The van der Waals surface area contributed by atoms with E-state index in [1.807, 2.05) is 0 Å². The molecule has 1 aliphatic heterocycles. The number of cyclic esters (lactones) is 1. The summed E-state index contributed by atoms with van der Waals surface area (Å²) in [6, 6.07) is 0. The molecule has 1 heterocycles. The van der Waals surface area contributed by atoms with E-state index in [2.05, 4.69) is 27.4 Å². The Balaban J connectivity index is 2.28. The minimum atomic E-state index is -1.03. The third-order valence-corrected chi connectivity index (χ3v) is 5.58. The molecule has 3 unspecified atom stereocenters. The highest BCUT2D eigenvalue weighted by atomic mass is 16.9. The van der Waals surface area contributed by atoms with Gasteiger partial charge in [-0.25, -0.2) is 4.79 Å². The van der Waals surface area contributed by atoms with Crippen LogP contribution < -0.4 is 0 Å². The van der Waals surface area contributed by atoms with Crippen molar-refractivity contribution in [3.8, 4) is 0 Å². The molecular formula is C21H33NO7. The summed E-state index contributed by atoms with van der Waals surface area (Å²) in [6.45, 7) is 11.6. The van der Waals surface area contributed by atoms with Crippen molar-refractivity contribution in [2.45, 2.75) is 65.8 Å². The second-order valence-corrected chi connectivity index (χ2v) is 8.12. The van der Waals surface area contributed by atoms with Crippen LogP contribution in [0.4, 0.5) is 0 Å². The molecule has 1 saturated heterocycles.